The van der Waals surface area contributed by atoms with Gasteiger partial charge in [0.05, 0.1) is 18.3 Å². The first-order chi connectivity index (χ1) is 8.93. The number of aliphatic carboxylic acids is 1. The minimum Gasteiger partial charge on any atom is -0.481 e. The third kappa shape index (κ3) is 2.93. The van der Waals surface area contributed by atoms with Crippen LogP contribution in [0.25, 0.3) is 0 Å². The highest BCUT2D eigenvalue weighted by molar-refractivity contribution is 7.99. The number of hydrogen-bond donors (Lipinski definition) is 2. The van der Waals surface area contributed by atoms with Crippen LogP contribution in [0.5, 0.6) is 0 Å². The third-order valence-corrected chi connectivity index (χ3v) is 6.11. The van der Waals surface area contributed by atoms with E-state index in [1.165, 1.54) is 10.5 Å². The molecule has 1 fully saturated rings. The summed E-state index contributed by atoms with van der Waals surface area (Å²) in [5.74, 6) is 0.186. The summed E-state index contributed by atoms with van der Waals surface area (Å²) in [5.41, 5.74) is 0.465. The molecule has 0 aliphatic carbocycles. The molecular weight excluding hydrogens is 290 g/mol. The lowest BCUT2D eigenvalue weighted by atomic mass is 10.2. The van der Waals surface area contributed by atoms with Crippen LogP contribution in [0.15, 0.2) is 11.1 Å². The molecule has 9 heteroatoms. The molecule has 1 aromatic heterocycles. The fraction of sp³-hybridized carbons (Fsp3) is 0.600. The van der Waals surface area contributed by atoms with Crippen molar-refractivity contribution in [3.05, 3.63) is 11.9 Å². The van der Waals surface area contributed by atoms with Crippen LogP contribution in [0, 0.1) is 6.92 Å². The van der Waals surface area contributed by atoms with Gasteiger partial charge in [0.1, 0.15) is 4.90 Å². The molecule has 19 heavy (non-hydrogen) atoms. The molecule has 0 aromatic carbocycles. The molecule has 0 bridgehead atoms. The van der Waals surface area contributed by atoms with Gasteiger partial charge in [0, 0.05) is 24.1 Å². The highest BCUT2D eigenvalue weighted by Gasteiger charge is 2.36. The average molecular weight is 305 g/mol. The molecule has 0 radical (unpaired) electrons. The number of nitrogens with one attached hydrogen (secondary N) is 1. The molecule has 1 atom stereocenters. The summed E-state index contributed by atoms with van der Waals surface area (Å²) in [6.07, 6.45) is 1.09. The number of aromatic amines is 1. The number of carboxylic acid groups (broad SMARTS) is 1. The van der Waals surface area contributed by atoms with Crippen LogP contribution in [0.2, 0.25) is 0 Å². The van der Waals surface area contributed by atoms with Crippen LogP contribution >= 0.6 is 11.8 Å². The zero-order valence-corrected chi connectivity index (χ0v) is 12.0. The van der Waals surface area contributed by atoms with E-state index in [2.05, 4.69) is 10.2 Å². The van der Waals surface area contributed by atoms with Gasteiger partial charge in [0.25, 0.3) is 0 Å². The van der Waals surface area contributed by atoms with Crippen molar-refractivity contribution in [2.24, 2.45) is 0 Å². The van der Waals surface area contributed by atoms with E-state index >= 15 is 0 Å². The molecule has 2 rings (SSSR count). The summed E-state index contributed by atoms with van der Waals surface area (Å²) < 4.78 is 26.3. The number of rotatable bonds is 4. The lowest BCUT2D eigenvalue weighted by molar-refractivity contribution is -0.137. The van der Waals surface area contributed by atoms with Crippen molar-refractivity contribution in [2.75, 3.05) is 18.1 Å². The van der Waals surface area contributed by atoms with E-state index in [1.54, 1.807) is 18.7 Å². The highest BCUT2D eigenvalue weighted by Crippen LogP contribution is 2.27. The van der Waals surface area contributed by atoms with Gasteiger partial charge in [-0.2, -0.15) is 21.2 Å². The number of aromatic nitrogens is 2. The van der Waals surface area contributed by atoms with Crippen LogP contribution in [0.4, 0.5) is 0 Å². The maximum absolute atomic E-state index is 12.5. The third-order valence-electron chi connectivity index (χ3n) is 2.95. The number of carboxylic acids is 1. The molecule has 1 unspecified atom stereocenters. The fourth-order valence-corrected chi connectivity index (χ4v) is 5.06. The summed E-state index contributed by atoms with van der Waals surface area (Å²) in [4.78, 5) is 11.0. The summed E-state index contributed by atoms with van der Waals surface area (Å²) >= 11 is 1.57. The van der Waals surface area contributed by atoms with Crippen LogP contribution in [0.3, 0.4) is 0 Å². The van der Waals surface area contributed by atoms with Crippen molar-refractivity contribution in [3.8, 4) is 0 Å². The molecule has 0 saturated carbocycles. The normalized spacial score (nSPS) is 21.4. The van der Waals surface area contributed by atoms with Crippen LogP contribution in [-0.2, 0) is 14.8 Å². The number of hydrogen-bond acceptors (Lipinski definition) is 5. The standard InChI is InChI=1S/C10H15N3O4S2/c1-7-9(5-11-12-7)19(16,17)13-2-3-18-6-8(13)4-10(14)15/h5,8H,2-4,6H2,1H3,(H,11,12)(H,14,15). The van der Waals surface area contributed by atoms with Gasteiger partial charge in [0.2, 0.25) is 10.0 Å². The molecule has 2 N–H and O–H groups in total. The first-order valence-corrected chi connectivity index (χ1v) is 8.33. The minimum absolute atomic E-state index is 0.120. The van der Waals surface area contributed by atoms with Gasteiger partial charge >= 0.3 is 5.97 Å². The highest BCUT2D eigenvalue weighted by atomic mass is 32.2. The molecule has 1 aliphatic heterocycles. The average Bonchev–Trinajstić information content (AvgIpc) is 2.76. The Balaban J connectivity index is 2.32. The molecule has 1 aromatic rings. The Kier molecular flexibility index (Phi) is 4.16. The Morgan fingerprint density at radius 3 is 3.00 bits per heavy atom. The number of H-pyrrole nitrogens is 1. The zero-order chi connectivity index (χ0) is 14.0. The summed E-state index contributed by atoms with van der Waals surface area (Å²) in [6, 6.07) is -0.504. The largest absolute Gasteiger partial charge is 0.481 e. The second-order valence-corrected chi connectivity index (χ2v) is 7.31. The van der Waals surface area contributed by atoms with E-state index in [9.17, 15) is 13.2 Å². The van der Waals surface area contributed by atoms with Gasteiger partial charge in [-0.3, -0.25) is 9.89 Å². The molecule has 0 amide bonds. The molecule has 1 saturated heterocycles. The van der Waals surface area contributed by atoms with Crippen molar-refractivity contribution in [2.45, 2.75) is 24.3 Å². The molecule has 0 spiro atoms. The molecule has 2 heterocycles. The summed E-state index contributed by atoms with van der Waals surface area (Å²) in [6.45, 7) is 1.96. The van der Waals surface area contributed by atoms with E-state index in [-0.39, 0.29) is 11.3 Å². The zero-order valence-electron chi connectivity index (χ0n) is 10.4. The minimum atomic E-state index is -3.68. The molecule has 1 aliphatic rings. The number of sulfonamides is 1. The van der Waals surface area contributed by atoms with Crippen LogP contribution < -0.4 is 0 Å². The number of nitrogens with zero attached hydrogens (tertiary/aromatic N) is 2. The molecule has 106 valence electrons. The number of thioether (sulfide) groups is 1. The predicted octanol–water partition coefficient (Wildman–Crippen LogP) is 0.299. The second kappa shape index (κ2) is 5.51. The molecule has 7 nitrogen and oxygen atoms in total. The Bertz CT molecular complexity index is 569. The van der Waals surface area contributed by atoms with E-state index in [1.807, 2.05) is 0 Å². The Hall–Kier alpha value is -1.06. The van der Waals surface area contributed by atoms with E-state index in [4.69, 9.17) is 5.11 Å². The lowest BCUT2D eigenvalue weighted by Gasteiger charge is -2.33. The van der Waals surface area contributed by atoms with Crippen molar-refractivity contribution < 1.29 is 18.3 Å². The SMILES string of the molecule is Cc1[nH]ncc1S(=O)(=O)N1CCSCC1CC(=O)O. The van der Waals surface area contributed by atoms with Crippen molar-refractivity contribution in [3.63, 3.8) is 0 Å². The Morgan fingerprint density at radius 1 is 1.68 bits per heavy atom. The fourth-order valence-electron chi connectivity index (χ4n) is 2.04. The second-order valence-electron chi connectivity index (χ2n) is 4.30. The maximum atomic E-state index is 12.5. The summed E-state index contributed by atoms with van der Waals surface area (Å²) in [5, 5.41) is 15.2. The maximum Gasteiger partial charge on any atom is 0.305 e. The molecular formula is C10H15N3O4S2. The van der Waals surface area contributed by atoms with Gasteiger partial charge in [-0.25, -0.2) is 8.42 Å². The van der Waals surface area contributed by atoms with E-state index in [0.29, 0.717) is 23.7 Å². The number of aryl methyl sites for hydroxylation is 1. The predicted molar refractivity (Wildman–Crippen MR) is 70.6 cm³/mol. The van der Waals surface area contributed by atoms with Crippen molar-refractivity contribution in [1.29, 1.82) is 0 Å². The summed E-state index contributed by atoms with van der Waals surface area (Å²) in [7, 11) is -3.68. The van der Waals surface area contributed by atoms with E-state index < -0.39 is 22.0 Å². The van der Waals surface area contributed by atoms with Gasteiger partial charge in [-0.15, -0.1) is 0 Å². The van der Waals surface area contributed by atoms with E-state index in [0.717, 1.165) is 0 Å². The van der Waals surface area contributed by atoms with Crippen molar-refractivity contribution in [1.82, 2.24) is 14.5 Å². The Morgan fingerprint density at radius 2 is 2.42 bits per heavy atom. The smallest absolute Gasteiger partial charge is 0.305 e. The van der Waals surface area contributed by atoms with Crippen LogP contribution in [-0.4, -0.2) is 58.1 Å². The monoisotopic (exact) mass is 305 g/mol. The number of carbonyl (C=O) groups is 1. The van der Waals surface area contributed by atoms with Gasteiger partial charge < -0.3 is 5.11 Å². The Labute approximate surface area is 115 Å². The topological polar surface area (TPSA) is 103 Å². The first-order valence-electron chi connectivity index (χ1n) is 5.74. The van der Waals surface area contributed by atoms with Crippen LogP contribution in [0.1, 0.15) is 12.1 Å². The lowest BCUT2D eigenvalue weighted by Crippen LogP contribution is -2.47. The van der Waals surface area contributed by atoms with Crippen molar-refractivity contribution >= 4 is 27.8 Å². The van der Waals surface area contributed by atoms with Gasteiger partial charge in [0.15, 0.2) is 0 Å². The van der Waals surface area contributed by atoms with Gasteiger partial charge in [-0.05, 0) is 6.92 Å². The quantitative estimate of drug-likeness (QED) is 0.829. The first kappa shape index (κ1) is 14.4. The van der Waals surface area contributed by atoms with Gasteiger partial charge in [-0.1, -0.05) is 0 Å².